The van der Waals surface area contributed by atoms with Crippen LogP contribution in [-0.2, 0) is 4.79 Å². The SMILES string of the molecule is CSCCN(C)c1ccc(/C=C/C(=O)O)cc1Cl. The van der Waals surface area contributed by atoms with Crippen LogP contribution >= 0.6 is 23.4 Å². The molecule has 0 unspecified atom stereocenters. The number of nitrogens with zero attached hydrogens (tertiary/aromatic N) is 1. The number of rotatable bonds is 6. The van der Waals surface area contributed by atoms with Crippen LogP contribution in [0.4, 0.5) is 5.69 Å². The lowest BCUT2D eigenvalue weighted by molar-refractivity contribution is -0.131. The molecule has 3 nitrogen and oxygen atoms in total. The number of aliphatic carboxylic acids is 1. The predicted octanol–water partition coefficient (Wildman–Crippen LogP) is 3.24. The Morgan fingerprint density at radius 2 is 2.28 bits per heavy atom. The van der Waals surface area contributed by atoms with Gasteiger partial charge in [0.2, 0.25) is 0 Å². The number of hydrogen-bond acceptors (Lipinski definition) is 3. The zero-order chi connectivity index (χ0) is 13.5. The molecule has 98 valence electrons. The number of hydrogen-bond donors (Lipinski definition) is 1. The molecule has 1 aromatic carbocycles. The maximum Gasteiger partial charge on any atom is 0.328 e. The second kappa shape index (κ2) is 7.34. The van der Waals surface area contributed by atoms with E-state index in [0.29, 0.717) is 5.02 Å². The number of thioether (sulfide) groups is 1. The van der Waals surface area contributed by atoms with Crippen molar-refractivity contribution in [1.29, 1.82) is 0 Å². The molecule has 0 amide bonds. The first-order valence-electron chi connectivity index (χ1n) is 5.45. The standard InChI is InChI=1S/C13H16ClNO2S/c1-15(7-8-18-2)12-5-3-10(9-11(12)14)4-6-13(16)17/h3-6,9H,7-8H2,1-2H3,(H,16,17)/b6-4+. The van der Waals surface area contributed by atoms with E-state index in [2.05, 4.69) is 11.2 Å². The van der Waals surface area contributed by atoms with Gasteiger partial charge in [-0.15, -0.1) is 0 Å². The summed E-state index contributed by atoms with van der Waals surface area (Å²) in [5.41, 5.74) is 1.74. The summed E-state index contributed by atoms with van der Waals surface area (Å²) >= 11 is 7.97. The number of carboxylic acids is 1. The van der Waals surface area contributed by atoms with E-state index in [1.165, 1.54) is 6.08 Å². The van der Waals surface area contributed by atoms with Crippen molar-refractivity contribution in [3.8, 4) is 0 Å². The topological polar surface area (TPSA) is 40.5 Å². The van der Waals surface area contributed by atoms with Crippen molar-refractivity contribution in [3.05, 3.63) is 34.9 Å². The molecule has 0 saturated heterocycles. The first-order chi connectivity index (χ1) is 8.54. The summed E-state index contributed by atoms with van der Waals surface area (Å²) in [6.07, 6.45) is 4.69. The van der Waals surface area contributed by atoms with Gasteiger partial charge in [0.1, 0.15) is 0 Å². The molecule has 0 heterocycles. The molecular formula is C13H16ClNO2S. The van der Waals surface area contributed by atoms with Crippen LogP contribution in [0.15, 0.2) is 24.3 Å². The Labute approximate surface area is 116 Å². The fourth-order valence-electron chi connectivity index (χ4n) is 1.45. The highest BCUT2D eigenvalue weighted by Crippen LogP contribution is 2.26. The van der Waals surface area contributed by atoms with E-state index in [9.17, 15) is 4.79 Å². The summed E-state index contributed by atoms with van der Waals surface area (Å²) in [7, 11) is 1.99. The Kier molecular flexibility index (Phi) is 6.09. The van der Waals surface area contributed by atoms with Gasteiger partial charge in [0.25, 0.3) is 0 Å². The molecule has 0 saturated carbocycles. The monoisotopic (exact) mass is 285 g/mol. The average molecular weight is 286 g/mol. The molecule has 0 aliphatic rings. The van der Waals surface area contributed by atoms with Gasteiger partial charge in [-0.25, -0.2) is 4.79 Å². The quantitative estimate of drug-likeness (QED) is 0.815. The van der Waals surface area contributed by atoms with Gasteiger partial charge in [-0.05, 0) is 30.0 Å². The number of benzene rings is 1. The van der Waals surface area contributed by atoms with Crippen LogP contribution in [-0.4, -0.2) is 36.7 Å². The average Bonchev–Trinajstić information content (AvgIpc) is 2.33. The maximum absolute atomic E-state index is 10.4. The lowest BCUT2D eigenvalue weighted by Gasteiger charge is -2.20. The third-order valence-electron chi connectivity index (χ3n) is 2.43. The van der Waals surface area contributed by atoms with E-state index in [1.807, 2.05) is 19.2 Å². The highest BCUT2D eigenvalue weighted by molar-refractivity contribution is 7.98. The Balaban J connectivity index is 2.82. The molecule has 0 spiro atoms. The van der Waals surface area contributed by atoms with E-state index >= 15 is 0 Å². The van der Waals surface area contributed by atoms with Gasteiger partial charge < -0.3 is 10.0 Å². The summed E-state index contributed by atoms with van der Waals surface area (Å²) in [5, 5.41) is 9.18. The summed E-state index contributed by atoms with van der Waals surface area (Å²) in [4.78, 5) is 12.5. The predicted molar refractivity (Wildman–Crippen MR) is 79.8 cm³/mol. The summed E-state index contributed by atoms with van der Waals surface area (Å²) in [5.74, 6) is 0.0697. The van der Waals surface area contributed by atoms with Crippen LogP contribution in [0.2, 0.25) is 5.02 Å². The van der Waals surface area contributed by atoms with Gasteiger partial charge in [-0.3, -0.25) is 0 Å². The second-order valence-electron chi connectivity index (χ2n) is 3.80. The zero-order valence-corrected chi connectivity index (χ0v) is 12.0. The van der Waals surface area contributed by atoms with Gasteiger partial charge >= 0.3 is 5.97 Å². The highest BCUT2D eigenvalue weighted by Gasteiger charge is 2.05. The zero-order valence-electron chi connectivity index (χ0n) is 10.4. The summed E-state index contributed by atoms with van der Waals surface area (Å²) in [6.45, 7) is 0.922. The van der Waals surface area contributed by atoms with Crippen LogP contribution in [0.5, 0.6) is 0 Å². The Morgan fingerprint density at radius 3 is 2.83 bits per heavy atom. The summed E-state index contributed by atoms with van der Waals surface area (Å²) in [6, 6.07) is 5.53. The fourth-order valence-corrected chi connectivity index (χ4v) is 2.24. The van der Waals surface area contributed by atoms with Crippen molar-refractivity contribution in [2.75, 3.05) is 30.5 Å². The number of halogens is 1. The van der Waals surface area contributed by atoms with E-state index in [1.54, 1.807) is 17.8 Å². The van der Waals surface area contributed by atoms with Crippen molar-refractivity contribution >= 4 is 41.1 Å². The Morgan fingerprint density at radius 1 is 1.56 bits per heavy atom. The van der Waals surface area contributed by atoms with Crippen LogP contribution in [0.1, 0.15) is 5.56 Å². The first-order valence-corrected chi connectivity index (χ1v) is 7.22. The van der Waals surface area contributed by atoms with E-state index < -0.39 is 5.97 Å². The number of carboxylic acid groups (broad SMARTS) is 1. The van der Waals surface area contributed by atoms with Crippen LogP contribution < -0.4 is 4.90 Å². The molecule has 0 fully saturated rings. The molecule has 18 heavy (non-hydrogen) atoms. The van der Waals surface area contributed by atoms with Crippen molar-refractivity contribution in [2.24, 2.45) is 0 Å². The first kappa shape index (κ1) is 14.9. The minimum Gasteiger partial charge on any atom is -0.478 e. The lowest BCUT2D eigenvalue weighted by Crippen LogP contribution is -2.20. The van der Waals surface area contributed by atoms with Crippen LogP contribution in [0.3, 0.4) is 0 Å². The minimum absolute atomic E-state index is 0.631. The second-order valence-corrected chi connectivity index (χ2v) is 5.19. The van der Waals surface area contributed by atoms with Gasteiger partial charge in [0, 0.05) is 25.4 Å². The molecule has 1 rings (SSSR count). The van der Waals surface area contributed by atoms with Crippen LogP contribution in [0, 0.1) is 0 Å². The van der Waals surface area contributed by atoms with Gasteiger partial charge in [0.05, 0.1) is 10.7 Å². The molecule has 0 aromatic heterocycles. The van der Waals surface area contributed by atoms with Gasteiger partial charge in [-0.1, -0.05) is 17.7 Å². The minimum atomic E-state index is -0.965. The lowest BCUT2D eigenvalue weighted by atomic mass is 10.2. The molecule has 0 aliphatic carbocycles. The Bertz CT molecular complexity index is 449. The molecule has 0 bridgehead atoms. The van der Waals surface area contributed by atoms with Crippen molar-refractivity contribution in [1.82, 2.24) is 0 Å². The fraction of sp³-hybridized carbons (Fsp3) is 0.308. The van der Waals surface area contributed by atoms with Crippen molar-refractivity contribution in [2.45, 2.75) is 0 Å². The van der Waals surface area contributed by atoms with Crippen LogP contribution in [0.25, 0.3) is 6.08 Å². The van der Waals surface area contributed by atoms with E-state index in [4.69, 9.17) is 16.7 Å². The van der Waals surface area contributed by atoms with Gasteiger partial charge in [0.15, 0.2) is 0 Å². The molecule has 1 N–H and O–H groups in total. The van der Waals surface area contributed by atoms with Gasteiger partial charge in [-0.2, -0.15) is 11.8 Å². The molecule has 1 aromatic rings. The van der Waals surface area contributed by atoms with Crippen molar-refractivity contribution in [3.63, 3.8) is 0 Å². The molecular weight excluding hydrogens is 270 g/mol. The smallest absolute Gasteiger partial charge is 0.328 e. The van der Waals surface area contributed by atoms with E-state index in [0.717, 1.165) is 29.6 Å². The number of anilines is 1. The summed E-state index contributed by atoms with van der Waals surface area (Å²) < 4.78 is 0. The van der Waals surface area contributed by atoms with Crippen molar-refractivity contribution < 1.29 is 9.90 Å². The Hall–Kier alpha value is -1.13. The molecule has 0 radical (unpaired) electrons. The third-order valence-corrected chi connectivity index (χ3v) is 3.33. The highest BCUT2D eigenvalue weighted by atomic mass is 35.5. The molecule has 0 aliphatic heterocycles. The van der Waals surface area contributed by atoms with E-state index in [-0.39, 0.29) is 0 Å². The normalized spacial score (nSPS) is 10.8. The largest absolute Gasteiger partial charge is 0.478 e. The molecule has 0 atom stereocenters. The molecule has 5 heteroatoms. The maximum atomic E-state index is 10.4. The number of carbonyl (C=O) groups is 1. The third kappa shape index (κ3) is 4.63.